The highest BCUT2D eigenvalue weighted by Gasteiger charge is 2.16. The Balaban J connectivity index is 2.06. The van der Waals surface area contributed by atoms with Gasteiger partial charge < -0.3 is 9.84 Å². The van der Waals surface area contributed by atoms with Crippen molar-refractivity contribution in [3.63, 3.8) is 0 Å². The zero-order valence-corrected chi connectivity index (χ0v) is 12.4. The average molecular weight is 304 g/mol. The molecule has 2 N–H and O–H groups in total. The van der Waals surface area contributed by atoms with Crippen LogP contribution < -0.4 is 5.32 Å². The van der Waals surface area contributed by atoms with Gasteiger partial charge in [0.15, 0.2) is 11.5 Å². The van der Waals surface area contributed by atoms with E-state index in [-0.39, 0.29) is 5.69 Å². The number of carbonyl (C=O) groups excluding carboxylic acids is 1. The lowest BCUT2D eigenvalue weighted by molar-refractivity contribution is 0.0633. The molecule has 0 fully saturated rings. The Morgan fingerprint density at radius 3 is 2.50 bits per heavy atom. The second-order valence-electron chi connectivity index (χ2n) is 5.48. The Hall–Kier alpha value is -2.90. The van der Waals surface area contributed by atoms with Crippen LogP contribution in [0, 0.1) is 0 Å². The lowest BCUT2D eigenvalue weighted by Gasteiger charge is -2.19. The minimum absolute atomic E-state index is 0.0715. The minimum Gasteiger partial charge on any atom is -0.476 e. The zero-order valence-electron chi connectivity index (χ0n) is 12.4. The van der Waals surface area contributed by atoms with E-state index in [0.717, 1.165) is 0 Å². The first kappa shape index (κ1) is 15.5. The van der Waals surface area contributed by atoms with E-state index in [2.05, 4.69) is 15.4 Å². The monoisotopic (exact) mass is 304 g/mol. The summed E-state index contributed by atoms with van der Waals surface area (Å²) in [6, 6.07) is 4.59. The molecule has 1 amide bonds. The summed E-state index contributed by atoms with van der Waals surface area (Å²) < 4.78 is 6.46. The summed E-state index contributed by atoms with van der Waals surface area (Å²) in [5.74, 6) is -0.677. The van der Waals surface area contributed by atoms with E-state index in [9.17, 15) is 9.59 Å². The molecule has 0 aromatic carbocycles. The molecule has 2 heterocycles. The Morgan fingerprint density at radius 1 is 1.27 bits per heavy atom. The van der Waals surface area contributed by atoms with Crippen LogP contribution in [0.25, 0.3) is 5.82 Å². The first-order valence-electron chi connectivity index (χ1n) is 6.50. The topological polar surface area (TPSA) is 106 Å². The Morgan fingerprint density at radius 2 is 2.00 bits per heavy atom. The third kappa shape index (κ3) is 4.05. The van der Waals surface area contributed by atoms with Crippen LogP contribution in [0.5, 0.6) is 0 Å². The molecule has 8 heteroatoms. The number of pyridine rings is 1. The van der Waals surface area contributed by atoms with Gasteiger partial charge in [-0.1, -0.05) is 0 Å². The fourth-order valence-electron chi connectivity index (χ4n) is 1.58. The van der Waals surface area contributed by atoms with E-state index in [0.29, 0.717) is 11.5 Å². The van der Waals surface area contributed by atoms with Gasteiger partial charge in [0.2, 0.25) is 0 Å². The van der Waals surface area contributed by atoms with E-state index >= 15 is 0 Å². The molecule has 0 unspecified atom stereocenters. The predicted octanol–water partition coefficient (Wildman–Crippen LogP) is 2.31. The van der Waals surface area contributed by atoms with Crippen LogP contribution in [0.3, 0.4) is 0 Å². The molecule has 0 bridgehead atoms. The third-order valence-corrected chi connectivity index (χ3v) is 2.44. The number of carbonyl (C=O) groups is 2. The van der Waals surface area contributed by atoms with Crippen molar-refractivity contribution >= 4 is 17.7 Å². The lowest BCUT2D eigenvalue weighted by Crippen LogP contribution is -2.27. The van der Waals surface area contributed by atoms with Gasteiger partial charge in [-0.2, -0.15) is 5.10 Å². The van der Waals surface area contributed by atoms with Gasteiger partial charge in [-0.15, -0.1) is 0 Å². The van der Waals surface area contributed by atoms with Gasteiger partial charge in [0.05, 0.1) is 11.9 Å². The van der Waals surface area contributed by atoms with E-state index in [1.54, 1.807) is 32.9 Å². The number of anilines is 1. The third-order valence-electron chi connectivity index (χ3n) is 2.44. The van der Waals surface area contributed by atoms with Crippen LogP contribution in [0.4, 0.5) is 10.5 Å². The first-order valence-corrected chi connectivity index (χ1v) is 6.50. The highest BCUT2D eigenvalue weighted by atomic mass is 16.6. The lowest BCUT2D eigenvalue weighted by atomic mass is 10.2. The zero-order chi connectivity index (χ0) is 16.3. The maximum absolute atomic E-state index is 11.6. The number of carboxylic acid groups (broad SMARTS) is 1. The van der Waals surface area contributed by atoms with Crippen LogP contribution in [0.15, 0.2) is 30.6 Å². The van der Waals surface area contributed by atoms with Crippen LogP contribution >= 0.6 is 0 Å². The van der Waals surface area contributed by atoms with Gasteiger partial charge in [-0.05, 0) is 39.0 Å². The number of hydrogen-bond acceptors (Lipinski definition) is 5. The van der Waals surface area contributed by atoms with Gasteiger partial charge in [0.25, 0.3) is 0 Å². The number of aromatic nitrogens is 3. The van der Waals surface area contributed by atoms with Crippen molar-refractivity contribution in [3.05, 3.63) is 36.3 Å². The highest BCUT2D eigenvalue weighted by Crippen LogP contribution is 2.13. The molecule has 0 saturated carbocycles. The number of rotatable bonds is 3. The summed E-state index contributed by atoms with van der Waals surface area (Å²) in [7, 11) is 0. The summed E-state index contributed by atoms with van der Waals surface area (Å²) in [4.78, 5) is 26.5. The Labute approximate surface area is 126 Å². The van der Waals surface area contributed by atoms with Crippen LogP contribution in [0.2, 0.25) is 0 Å². The number of amides is 1. The molecular formula is C14H16N4O4. The highest BCUT2D eigenvalue weighted by molar-refractivity contribution is 5.85. The second-order valence-corrected chi connectivity index (χ2v) is 5.48. The van der Waals surface area contributed by atoms with E-state index in [4.69, 9.17) is 9.84 Å². The van der Waals surface area contributed by atoms with Crippen molar-refractivity contribution in [3.8, 4) is 5.82 Å². The fourth-order valence-corrected chi connectivity index (χ4v) is 1.58. The molecule has 2 aromatic heterocycles. The van der Waals surface area contributed by atoms with Gasteiger partial charge in [0, 0.05) is 6.20 Å². The van der Waals surface area contributed by atoms with Crippen molar-refractivity contribution in [2.45, 2.75) is 26.4 Å². The van der Waals surface area contributed by atoms with Gasteiger partial charge >= 0.3 is 12.1 Å². The van der Waals surface area contributed by atoms with Crippen molar-refractivity contribution in [1.29, 1.82) is 0 Å². The smallest absolute Gasteiger partial charge is 0.412 e. The fraction of sp³-hybridized carbons (Fsp3) is 0.286. The van der Waals surface area contributed by atoms with E-state index < -0.39 is 17.7 Å². The van der Waals surface area contributed by atoms with Crippen LogP contribution in [0.1, 0.15) is 31.3 Å². The number of ether oxygens (including phenoxy) is 1. The summed E-state index contributed by atoms with van der Waals surface area (Å²) in [5.41, 5.74) is -0.193. The minimum atomic E-state index is -1.11. The van der Waals surface area contributed by atoms with Crippen molar-refractivity contribution in [1.82, 2.24) is 14.8 Å². The SMILES string of the molecule is CC(C)(C)OC(=O)Nc1ccc(-n2ccc(C(=O)O)n2)nc1. The number of nitrogens with zero attached hydrogens (tertiary/aromatic N) is 3. The molecular weight excluding hydrogens is 288 g/mol. The summed E-state index contributed by atoms with van der Waals surface area (Å²) >= 11 is 0. The van der Waals surface area contributed by atoms with Gasteiger partial charge in [-0.3, -0.25) is 5.32 Å². The van der Waals surface area contributed by atoms with Crippen LogP contribution in [-0.4, -0.2) is 37.5 Å². The molecule has 0 spiro atoms. The quantitative estimate of drug-likeness (QED) is 0.901. The van der Waals surface area contributed by atoms with Crippen molar-refractivity contribution in [2.24, 2.45) is 0 Å². The summed E-state index contributed by atoms with van der Waals surface area (Å²) in [5, 5.41) is 15.2. The Kier molecular flexibility index (Phi) is 4.11. The number of carboxylic acids is 1. The van der Waals surface area contributed by atoms with Crippen molar-refractivity contribution < 1.29 is 19.4 Å². The molecule has 0 radical (unpaired) electrons. The van der Waals surface area contributed by atoms with Gasteiger partial charge in [0.1, 0.15) is 5.60 Å². The molecule has 2 aromatic rings. The number of hydrogen-bond donors (Lipinski definition) is 2. The maximum Gasteiger partial charge on any atom is 0.412 e. The second kappa shape index (κ2) is 5.84. The van der Waals surface area contributed by atoms with E-state index in [1.165, 1.54) is 23.1 Å². The summed E-state index contributed by atoms with van der Waals surface area (Å²) in [6.07, 6.45) is 2.35. The van der Waals surface area contributed by atoms with Crippen molar-refractivity contribution in [2.75, 3.05) is 5.32 Å². The van der Waals surface area contributed by atoms with E-state index in [1.807, 2.05) is 0 Å². The molecule has 2 rings (SSSR count). The normalized spacial score (nSPS) is 11.0. The first-order chi connectivity index (χ1) is 10.2. The maximum atomic E-state index is 11.6. The summed E-state index contributed by atoms with van der Waals surface area (Å²) in [6.45, 7) is 5.31. The predicted molar refractivity (Wildman–Crippen MR) is 78.2 cm³/mol. The number of nitrogens with one attached hydrogen (secondary N) is 1. The molecule has 0 aliphatic heterocycles. The molecule has 0 aliphatic carbocycles. The molecule has 0 atom stereocenters. The Bertz CT molecular complexity index is 686. The molecule has 0 aliphatic rings. The molecule has 0 saturated heterocycles. The standard InChI is InChI=1S/C14H16N4O4/c1-14(2,3)22-13(21)16-9-4-5-11(15-8-9)18-7-6-10(17-18)12(19)20/h4-8H,1-3H3,(H,16,21)(H,19,20). The largest absolute Gasteiger partial charge is 0.476 e. The van der Waals surface area contributed by atoms with Crippen LogP contribution in [-0.2, 0) is 4.74 Å². The average Bonchev–Trinajstić information content (AvgIpc) is 2.87. The molecule has 22 heavy (non-hydrogen) atoms. The number of aromatic carboxylic acids is 1. The van der Waals surface area contributed by atoms with Gasteiger partial charge in [-0.25, -0.2) is 19.3 Å². The molecule has 116 valence electrons. The molecule has 8 nitrogen and oxygen atoms in total.